The van der Waals surface area contributed by atoms with Crippen molar-refractivity contribution in [2.45, 2.75) is 6.54 Å². The third-order valence-electron chi connectivity index (χ3n) is 4.25. The zero-order valence-electron chi connectivity index (χ0n) is 16.6. The molecule has 0 radical (unpaired) electrons. The molecule has 2 amide bonds. The molecule has 156 valence electrons. The zero-order chi connectivity index (χ0) is 21.5. The van der Waals surface area contributed by atoms with Gasteiger partial charge in [0.2, 0.25) is 5.91 Å². The SMILES string of the molecule is COc1ccccc1NC(=O)c1ccc(NC(=O)CN(C)Cc2cc(Br)cs2)cc1. The van der Waals surface area contributed by atoms with Crippen LogP contribution in [0.2, 0.25) is 0 Å². The Morgan fingerprint density at radius 1 is 1.10 bits per heavy atom. The van der Waals surface area contributed by atoms with E-state index in [0.717, 1.165) is 4.47 Å². The van der Waals surface area contributed by atoms with E-state index >= 15 is 0 Å². The molecule has 0 unspecified atom stereocenters. The van der Waals surface area contributed by atoms with Crippen LogP contribution in [0.3, 0.4) is 0 Å². The van der Waals surface area contributed by atoms with E-state index in [-0.39, 0.29) is 18.4 Å². The molecule has 0 atom stereocenters. The molecule has 2 N–H and O–H groups in total. The highest BCUT2D eigenvalue weighted by atomic mass is 79.9. The second kappa shape index (κ2) is 10.4. The molecule has 30 heavy (non-hydrogen) atoms. The van der Waals surface area contributed by atoms with Gasteiger partial charge in [0.05, 0.1) is 19.3 Å². The molecule has 1 aromatic heterocycles. The Kier molecular flexibility index (Phi) is 7.62. The molecule has 3 aromatic rings. The van der Waals surface area contributed by atoms with Gasteiger partial charge < -0.3 is 15.4 Å². The van der Waals surface area contributed by atoms with Crippen LogP contribution in [-0.2, 0) is 11.3 Å². The largest absolute Gasteiger partial charge is 0.495 e. The Labute approximate surface area is 188 Å². The van der Waals surface area contributed by atoms with Crippen LogP contribution >= 0.6 is 27.3 Å². The number of ether oxygens (including phenoxy) is 1. The monoisotopic (exact) mass is 487 g/mol. The molecule has 0 aliphatic carbocycles. The predicted octanol–water partition coefficient (Wildman–Crippen LogP) is 4.84. The first-order valence-electron chi connectivity index (χ1n) is 9.20. The van der Waals surface area contributed by atoms with Gasteiger partial charge in [-0.15, -0.1) is 11.3 Å². The van der Waals surface area contributed by atoms with Crippen molar-refractivity contribution in [1.29, 1.82) is 0 Å². The number of nitrogens with one attached hydrogen (secondary N) is 2. The summed E-state index contributed by atoms with van der Waals surface area (Å²) in [5.74, 6) is 0.229. The first-order chi connectivity index (χ1) is 14.4. The number of hydrogen-bond acceptors (Lipinski definition) is 5. The molecule has 0 aliphatic heterocycles. The molecule has 0 saturated heterocycles. The van der Waals surface area contributed by atoms with E-state index in [1.807, 2.05) is 35.5 Å². The minimum absolute atomic E-state index is 0.112. The highest BCUT2D eigenvalue weighted by molar-refractivity contribution is 9.10. The lowest BCUT2D eigenvalue weighted by molar-refractivity contribution is -0.117. The molecular weight excluding hydrogens is 466 g/mol. The maximum atomic E-state index is 12.5. The summed E-state index contributed by atoms with van der Waals surface area (Å²) in [7, 11) is 3.46. The molecule has 6 nitrogen and oxygen atoms in total. The van der Waals surface area contributed by atoms with Gasteiger partial charge in [0, 0.05) is 32.5 Å². The number of nitrogens with zero attached hydrogens (tertiary/aromatic N) is 1. The highest BCUT2D eigenvalue weighted by Crippen LogP contribution is 2.24. The third-order valence-corrected chi connectivity index (χ3v) is 5.93. The average molecular weight is 488 g/mol. The lowest BCUT2D eigenvalue weighted by Gasteiger charge is -2.15. The quantitative estimate of drug-likeness (QED) is 0.476. The molecule has 0 spiro atoms. The molecule has 3 rings (SSSR count). The van der Waals surface area contributed by atoms with E-state index in [9.17, 15) is 9.59 Å². The third kappa shape index (κ3) is 6.16. The first-order valence-corrected chi connectivity index (χ1v) is 10.9. The zero-order valence-corrected chi connectivity index (χ0v) is 19.0. The molecule has 0 saturated carbocycles. The lowest BCUT2D eigenvalue weighted by atomic mass is 10.2. The Morgan fingerprint density at radius 2 is 1.83 bits per heavy atom. The summed E-state index contributed by atoms with van der Waals surface area (Å²) >= 11 is 5.09. The average Bonchev–Trinajstić information content (AvgIpc) is 3.13. The van der Waals surface area contributed by atoms with Crippen molar-refractivity contribution >= 4 is 50.5 Å². The molecule has 2 aromatic carbocycles. The van der Waals surface area contributed by atoms with Gasteiger partial charge >= 0.3 is 0 Å². The summed E-state index contributed by atoms with van der Waals surface area (Å²) in [5.41, 5.74) is 1.73. The second-order valence-corrected chi connectivity index (χ2v) is 8.59. The number of hydrogen-bond donors (Lipinski definition) is 2. The molecule has 0 bridgehead atoms. The van der Waals surface area contributed by atoms with Crippen LogP contribution < -0.4 is 15.4 Å². The number of amides is 2. The minimum Gasteiger partial charge on any atom is -0.495 e. The standard InChI is InChI=1S/C22H22BrN3O3S/c1-26(12-18-11-16(23)14-30-18)13-21(27)24-17-9-7-15(8-10-17)22(28)25-19-5-3-4-6-20(19)29-2/h3-11,14H,12-13H2,1-2H3,(H,24,27)(H,25,28). The van der Waals surface area contributed by atoms with Gasteiger partial charge in [0.15, 0.2) is 0 Å². The van der Waals surface area contributed by atoms with Gasteiger partial charge in [-0.05, 0) is 65.4 Å². The molecule has 0 aliphatic rings. The Bertz CT molecular complexity index is 1020. The van der Waals surface area contributed by atoms with Crippen molar-refractivity contribution in [2.24, 2.45) is 0 Å². The van der Waals surface area contributed by atoms with Crippen LogP contribution in [0.25, 0.3) is 0 Å². The maximum Gasteiger partial charge on any atom is 0.255 e. The number of carbonyl (C=O) groups is 2. The van der Waals surface area contributed by atoms with Crippen LogP contribution in [0.15, 0.2) is 64.5 Å². The summed E-state index contributed by atoms with van der Waals surface area (Å²) in [4.78, 5) is 27.9. The number of likely N-dealkylation sites (N-methyl/N-ethyl adjacent to an activating group) is 1. The molecule has 0 fully saturated rings. The summed E-state index contributed by atoms with van der Waals surface area (Å²) in [6.45, 7) is 0.970. The molecular formula is C22H22BrN3O3S. The van der Waals surface area contributed by atoms with E-state index in [1.165, 1.54) is 4.88 Å². The van der Waals surface area contributed by atoms with Crippen molar-refractivity contribution in [3.8, 4) is 5.75 Å². The van der Waals surface area contributed by atoms with Gasteiger partial charge in [0.25, 0.3) is 5.91 Å². The van der Waals surface area contributed by atoms with Crippen molar-refractivity contribution in [1.82, 2.24) is 4.90 Å². The van der Waals surface area contributed by atoms with E-state index < -0.39 is 0 Å². The van der Waals surface area contributed by atoms with Crippen LogP contribution in [0.4, 0.5) is 11.4 Å². The molecule has 8 heteroatoms. The summed E-state index contributed by atoms with van der Waals surface area (Å²) in [5, 5.41) is 7.71. The fraction of sp³-hybridized carbons (Fsp3) is 0.182. The first kappa shape index (κ1) is 22.0. The second-order valence-electron chi connectivity index (χ2n) is 6.68. The van der Waals surface area contributed by atoms with Crippen molar-refractivity contribution in [3.05, 3.63) is 74.9 Å². The van der Waals surface area contributed by atoms with Crippen LogP contribution in [0.1, 0.15) is 15.2 Å². The van der Waals surface area contributed by atoms with Crippen LogP contribution in [-0.4, -0.2) is 37.4 Å². The number of halogens is 1. The summed E-state index contributed by atoms with van der Waals surface area (Å²) < 4.78 is 6.30. The normalized spacial score (nSPS) is 10.7. The van der Waals surface area contributed by atoms with Gasteiger partial charge in [-0.25, -0.2) is 0 Å². The number of para-hydroxylation sites is 2. The van der Waals surface area contributed by atoms with Crippen molar-refractivity contribution in [2.75, 3.05) is 31.3 Å². The highest BCUT2D eigenvalue weighted by Gasteiger charge is 2.11. The summed E-state index contributed by atoms with van der Waals surface area (Å²) in [6, 6.07) is 16.0. The minimum atomic E-state index is -0.251. The van der Waals surface area contributed by atoms with Crippen LogP contribution in [0, 0.1) is 0 Å². The van der Waals surface area contributed by atoms with Gasteiger partial charge in [-0.3, -0.25) is 14.5 Å². The topological polar surface area (TPSA) is 70.7 Å². The maximum absolute atomic E-state index is 12.5. The number of thiophene rings is 1. The van der Waals surface area contributed by atoms with Gasteiger partial charge in [0.1, 0.15) is 5.75 Å². The van der Waals surface area contributed by atoms with E-state index in [1.54, 1.807) is 54.8 Å². The number of rotatable bonds is 8. The van der Waals surface area contributed by atoms with Crippen molar-refractivity contribution < 1.29 is 14.3 Å². The van der Waals surface area contributed by atoms with Crippen LogP contribution in [0.5, 0.6) is 5.75 Å². The number of anilines is 2. The van der Waals surface area contributed by atoms with E-state index in [2.05, 4.69) is 26.6 Å². The Balaban J connectivity index is 1.53. The summed E-state index contributed by atoms with van der Waals surface area (Å²) in [6.07, 6.45) is 0. The number of benzene rings is 2. The van der Waals surface area contributed by atoms with Gasteiger partial charge in [-0.1, -0.05) is 12.1 Å². The van der Waals surface area contributed by atoms with E-state index in [4.69, 9.17) is 4.74 Å². The molecule has 1 heterocycles. The van der Waals surface area contributed by atoms with E-state index in [0.29, 0.717) is 29.2 Å². The Hall–Kier alpha value is -2.68. The lowest BCUT2D eigenvalue weighted by Crippen LogP contribution is -2.29. The smallest absolute Gasteiger partial charge is 0.255 e. The fourth-order valence-corrected chi connectivity index (χ4v) is 4.38. The van der Waals surface area contributed by atoms with Crippen molar-refractivity contribution in [3.63, 3.8) is 0 Å². The Morgan fingerprint density at radius 3 is 2.50 bits per heavy atom. The number of carbonyl (C=O) groups excluding carboxylic acids is 2. The van der Waals surface area contributed by atoms with Gasteiger partial charge in [-0.2, -0.15) is 0 Å². The predicted molar refractivity (Wildman–Crippen MR) is 124 cm³/mol. The fourth-order valence-electron chi connectivity index (χ4n) is 2.85. The number of methoxy groups -OCH3 is 1.